The number of hydrogen-bond donors (Lipinski definition) is 0. The molecule has 0 radical (unpaired) electrons. The molecule has 0 N–H and O–H groups in total. The van der Waals surface area contributed by atoms with Crippen molar-refractivity contribution in [2.24, 2.45) is 0 Å². The van der Waals surface area contributed by atoms with Crippen LogP contribution in [0.4, 0.5) is 17.1 Å². The molecular formula is C52H33NOS. The molecule has 0 unspecified atom stereocenters. The average molecular weight is 720 g/mol. The fourth-order valence-corrected chi connectivity index (χ4v) is 9.62. The lowest BCUT2D eigenvalue weighted by Gasteiger charge is -2.26. The highest BCUT2D eigenvalue weighted by Crippen LogP contribution is 2.51. The molecule has 9 aromatic carbocycles. The standard InChI is InChI=1S/C52H33NOS/c1-3-14-36(15-4-1)41-31-32-42(37-16-5-2-6-17-37)52-49(41)45-21-12-23-47(51(45)55-52)53(46-22-11-20-44-43-19-9-10-24-48(43)54-50(44)46)40-29-27-35(28-30-40)39-26-25-34-13-7-8-18-38(34)33-39/h1-33H. The molecule has 55 heavy (non-hydrogen) atoms. The molecule has 3 heteroatoms. The highest BCUT2D eigenvalue weighted by atomic mass is 32.1. The molecule has 11 rings (SSSR count). The van der Waals surface area contributed by atoms with Gasteiger partial charge in [-0.3, -0.25) is 0 Å². The molecule has 11 aromatic rings. The Morgan fingerprint density at radius 3 is 1.80 bits per heavy atom. The zero-order chi connectivity index (χ0) is 36.3. The lowest BCUT2D eigenvalue weighted by Crippen LogP contribution is -2.10. The predicted octanol–water partition coefficient (Wildman–Crippen LogP) is 15.6. The Balaban J connectivity index is 1.17. The number of nitrogens with zero attached hydrogens (tertiary/aromatic N) is 1. The second-order valence-electron chi connectivity index (χ2n) is 14.0. The van der Waals surface area contributed by atoms with Gasteiger partial charge in [0.25, 0.3) is 0 Å². The van der Waals surface area contributed by atoms with Crippen LogP contribution in [0.15, 0.2) is 205 Å². The number of benzene rings is 9. The summed E-state index contributed by atoms with van der Waals surface area (Å²) < 4.78 is 9.24. The zero-order valence-corrected chi connectivity index (χ0v) is 30.6. The van der Waals surface area contributed by atoms with Gasteiger partial charge >= 0.3 is 0 Å². The van der Waals surface area contributed by atoms with Gasteiger partial charge in [0.2, 0.25) is 0 Å². The van der Waals surface area contributed by atoms with Gasteiger partial charge < -0.3 is 9.32 Å². The molecule has 258 valence electrons. The van der Waals surface area contributed by atoms with Crippen LogP contribution in [0.5, 0.6) is 0 Å². The summed E-state index contributed by atoms with van der Waals surface area (Å²) >= 11 is 1.88. The van der Waals surface area contributed by atoms with E-state index in [1.54, 1.807) is 0 Å². The Bertz CT molecular complexity index is 3190. The molecule has 0 fully saturated rings. The number of furan rings is 1. The van der Waals surface area contributed by atoms with E-state index >= 15 is 0 Å². The van der Waals surface area contributed by atoms with E-state index in [2.05, 4.69) is 199 Å². The molecule has 0 aliphatic rings. The minimum atomic E-state index is 0.871. The largest absolute Gasteiger partial charge is 0.454 e. The normalized spacial score (nSPS) is 11.6. The van der Waals surface area contributed by atoms with Crippen molar-refractivity contribution in [2.75, 3.05) is 4.90 Å². The van der Waals surface area contributed by atoms with Crippen LogP contribution >= 0.6 is 11.3 Å². The summed E-state index contributed by atoms with van der Waals surface area (Å²) in [6.07, 6.45) is 0. The fraction of sp³-hybridized carbons (Fsp3) is 0. The van der Waals surface area contributed by atoms with Crippen LogP contribution in [0.1, 0.15) is 0 Å². The first kappa shape index (κ1) is 31.6. The molecule has 0 atom stereocenters. The Morgan fingerprint density at radius 1 is 0.382 bits per heavy atom. The molecule has 0 spiro atoms. The molecule has 2 aromatic heterocycles. The van der Waals surface area contributed by atoms with Gasteiger partial charge in [-0.2, -0.15) is 0 Å². The Kier molecular flexibility index (Phi) is 7.39. The van der Waals surface area contributed by atoms with Crippen LogP contribution in [0, 0.1) is 0 Å². The first-order valence-electron chi connectivity index (χ1n) is 18.7. The first-order chi connectivity index (χ1) is 27.3. The van der Waals surface area contributed by atoms with E-state index in [4.69, 9.17) is 4.42 Å². The highest BCUT2D eigenvalue weighted by Gasteiger charge is 2.24. The third-order valence-corrected chi connectivity index (χ3v) is 12.1. The van der Waals surface area contributed by atoms with Crippen LogP contribution in [0.2, 0.25) is 0 Å². The number of anilines is 3. The van der Waals surface area contributed by atoms with E-state index in [1.807, 2.05) is 17.4 Å². The minimum Gasteiger partial charge on any atom is -0.454 e. The molecular weight excluding hydrogens is 687 g/mol. The van der Waals surface area contributed by atoms with Gasteiger partial charge in [0.05, 0.1) is 16.1 Å². The van der Waals surface area contributed by atoms with Gasteiger partial charge in [-0.05, 0) is 80.6 Å². The first-order valence-corrected chi connectivity index (χ1v) is 19.5. The van der Waals surface area contributed by atoms with E-state index in [-0.39, 0.29) is 0 Å². The van der Waals surface area contributed by atoms with Crippen LogP contribution < -0.4 is 4.90 Å². The topological polar surface area (TPSA) is 16.4 Å². The molecule has 0 aliphatic heterocycles. The lowest BCUT2D eigenvalue weighted by atomic mass is 9.95. The van der Waals surface area contributed by atoms with Crippen molar-refractivity contribution < 1.29 is 4.42 Å². The van der Waals surface area contributed by atoms with Crippen molar-refractivity contribution >= 4 is 81.3 Å². The maximum absolute atomic E-state index is 6.73. The number of fused-ring (bicyclic) bond motifs is 7. The third-order valence-electron chi connectivity index (χ3n) is 10.9. The summed E-state index contributed by atoms with van der Waals surface area (Å²) in [7, 11) is 0. The molecule has 0 amide bonds. The molecule has 2 heterocycles. The number of rotatable bonds is 6. The second kappa shape index (κ2) is 12.9. The quantitative estimate of drug-likeness (QED) is 0.170. The summed E-state index contributed by atoms with van der Waals surface area (Å²) in [5.74, 6) is 0. The van der Waals surface area contributed by atoms with Crippen LogP contribution in [-0.4, -0.2) is 0 Å². The fourth-order valence-electron chi connectivity index (χ4n) is 8.25. The van der Waals surface area contributed by atoms with Crippen molar-refractivity contribution in [1.82, 2.24) is 0 Å². The smallest absolute Gasteiger partial charge is 0.159 e. The summed E-state index contributed by atoms with van der Waals surface area (Å²) in [5.41, 5.74) is 12.2. The van der Waals surface area contributed by atoms with Crippen LogP contribution in [0.3, 0.4) is 0 Å². The molecule has 0 saturated heterocycles. The van der Waals surface area contributed by atoms with E-state index in [1.165, 1.54) is 64.3 Å². The van der Waals surface area contributed by atoms with E-state index in [0.717, 1.165) is 39.0 Å². The molecule has 0 saturated carbocycles. The highest BCUT2D eigenvalue weighted by molar-refractivity contribution is 7.27. The van der Waals surface area contributed by atoms with Gasteiger partial charge in [0.15, 0.2) is 5.58 Å². The van der Waals surface area contributed by atoms with E-state index in [9.17, 15) is 0 Å². The molecule has 2 nitrogen and oxygen atoms in total. The third kappa shape index (κ3) is 5.24. The average Bonchev–Trinajstić information content (AvgIpc) is 3.84. The second-order valence-corrected chi connectivity index (χ2v) is 15.1. The number of hydrogen-bond acceptors (Lipinski definition) is 3. The van der Waals surface area contributed by atoms with Gasteiger partial charge in [0.1, 0.15) is 5.58 Å². The minimum absolute atomic E-state index is 0.871. The Hall–Kier alpha value is -6.94. The Morgan fingerprint density at radius 2 is 1.00 bits per heavy atom. The summed E-state index contributed by atoms with van der Waals surface area (Å²) in [5, 5.41) is 7.23. The van der Waals surface area contributed by atoms with Crippen LogP contribution in [0.25, 0.3) is 86.3 Å². The maximum atomic E-state index is 6.73. The molecule has 0 aliphatic carbocycles. The zero-order valence-electron chi connectivity index (χ0n) is 29.8. The van der Waals surface area contributed by atoms with Gasteiger partial charge in [0, 0.05) is 31.9 Å². The summed E-state index contributed by atoms with van der Waals surface area (Å²) in [6, 6.07) is 72.0. The van der Waals surface area contributed by atoms with Crippen molar-refractivity contribution in [3.63, 3.8) is 0 Å². The SMILES string of the molecule is c1ccc(-c2ccc(-c3ccccc3)c3c2sc2c(N(c4ccc(-c5ccc6ccccc6c5)cc4)c4cccc5c4oc4ccccc45)cccc23)cc1. The van der Waals surface area contributed by atoms with E-state index < -0.39 is 0 Å². The summed E-state index contributed by atoms with van der Waals surface area (Å²) in [4.78, 5) is 2.40. The number of para-hydroxylation sites is 2. The number of thiophene rings is 1. The van der Waals surface area contributed by atoms with E-state index in [0.29, 0.717) is 0 Å². The predicted molar refractivity (Wildman–Crippen MR) is 235 cm³/mol. The van der Waals surface area contributed by atoms with Gasteiger partial charge in [-0.15, -0.1) is 11.3 Å². The maximum Gasteiger partial charge on any atom is 0.159 e. The summed E-state index contributed by atoms with van der Waals surface area (Å²) in [6.45, 7) is 0. The van der Waals surface area contributed by atoms with Crippen molar-refractivity contribution in [2.45, 2.75) is 0 Å². The monoisotopic (exact) mass is 719 g/mol. The van der Waals surface area contributed by atoms with Gasteiger partial charge in [-0.1, -0.05) is 164 Å². The van der Waals surface area contributed by atoms with Crippen LogP contribution in [-0.2, 0) is 0 Å². The molecule has 0 bridgehead atoms. The lowest BCUT2D eigenvalue weighted by molar-refractivity contribution is 0.669. The van der Waals surface area contributed by atoms with Crippen molar-refractivity contribution in [1.29, 1.82) is 0 Å². The van der Waals surface area contributed by atoms with Crippen molar-refractivity contribution in [3.8, 4) is 33.4 Å². The van der Waals surface area contributed by atoms with Gasteiger partial charge in [-0.25, -0.2) is 0 Å². The van der Waals surface area contributed by atoms with Crippen molar-refractivity contribution in [3.05, 3.63) is 200 Å². The Labute approximate surface area is 322 Å².